The van der Waals surface area contributed by atoms with Crippen molar-refractivity contribution in [2.75, 3.05) is 20.2 Å². The average molecular weight is 261 g/mol. The fraction of sp³-hybridized carbons (Fsp3) is 0.533. The van der Waals surface area contributed by atoms with Crippen LogP contribution < -0.4 is 0 Å². The highest BCUT2D eigenvalue weighted by molar-refractivity contribution is 5.83. The molecule has 4 nitrogen and oxygen atoms in total. The van der Waals surface area contributed by atoms with Crippen LogP contribution in [0.15, 0.2) is 30.3 Å². The highest BCUT2D eigenvalue weighted by Crippen LogP contribution is 2.45. The Balaban J connectivity index is 1.66. The molecule has 0 bridgehead atoms. The van der Waals surface area contributed by atoms with Crippen LogP contribution in [0.25, 0.3) is 0 Å². The van der Waals surface area contributed by atoms with Crippen molar-refractivity contribution in [3.8, 4) is 0 Å². The summed E-state index contributed by atoms with van der Waals surface area (Å²) in [5, 5.41) is 10.3. The molecule has 2 aliphatic rings. The van der Waals surface area contributed by atoms with Crippen LogP contribution in [0.1, 0.15) is 24.5 Å². The number of benzene rings is 1. The largest absolute Gasteiger partial charge is 0.386 e. The van der Waals surface area contributed by atoms with E-state index < -0.39 is 11.7 Å². The monoisotopic (exact) mass is 261 g/mol. The number of hydrogen-bond donors (Lipinski definition) is 1. The molecule has 1 saturated heterocycles. The molecule has 1 N–H and O–H groups in total. The van der Waals surface area contributed by atoms with E-state index in [9.17, 15) is 9.90 Å². The zero-order chi connectivity index (χ0) is 13.5. The molecule has 1 unspecified atom stereocenters. The molecule has 1 amide bonds. The lowest BCUT2D eigenvalue weighted by Gasteiger charge is -2.47. The molecule has 1 aliphatic carbocycles. The van der Waals surface area contributed by atoms with Crippen LogP contribution in [-0.4, -0.2) is 41.7 Å². The molecule has 1 aromatic rings. The Labute approximate surface area is 113 Å². The quantitative estimate of drug-likeness (QED) is 0.890. The Morgan fingerprint density at radius 1 is 1.37 bits per heavy atom. The number of rotatable bonds is 4. The number of amides is 1. The maximum atomic E-state index is 12.4. The van der Waals surface area contributed by atoms with E-state index in [1.54, 1.807) is 12.0 Å². The Hall–Kier alpha value is -1.39. The molecule has 0 spiro atoms. The van der Waals surface area contributed by atoms with Gasteiger partial charge in [-0.05, 0) is 24.3 Å². The van der Waals surface area contributed by atoms with Crippen molar-refractivity contribution in [1.82, 2.24) is 4.90 Å². The average Bonchev–Trinajstić information content (AvgIpc) is 3.21. The third-order valence-corrected chi connectivity index (χ3v) is 4.14. The van der Waals surface area contributed by atoms with Crippen LogP contribution in [0.3, 0.4) is 0 Å². The topological polar surface area (TPSA) is 49.8 Å². The minimum Gasteiger partial charge on any atom is -0.386 e. The SMILES string of the molecule is COC(C(=O)N1CC(O)(C2CC2)C1)c1ccccc1. The van der Waals surface area contributed by atoms with Gasteiger partial charge in [0.15, 0.2) is 6.10 Å². The molecule has 0 radical (unpaired) electrons. The van der Waals surface area contributed by atoms with E-state index in [4.69, 9.17) is 4.74 Å². The van der Waals surface area contributed by atoms with E-state index in [-0.39, 0.29) is 5.91 Å². The van der Waals surface area contributed by atoms with Gasteiger partial charge < -0.3 is 14.7 Å². The number of carbonyl (C=O) groups is 1. The molecule has 1 heterocycles. The third kappa shape index (κ3) is 2.26. The number of likely N-dealkylation sites (tertiary alicyclic amines) is 1. The summed E-state index contributed by atoms with van der Waals surface area (Å²) in [7, 11) is 1.54. The molecule has 102 valence electrons. The van der Waals surface area contributed by atoms with Gasteiger partial charge >= 0.3 is 0 Å². The molecular weight excluding hydrogens is 242 g/mol. The van der Waals surface area contributed by atoms with E-state index >= 15 is 0 Å². The van der Waals surface area contributed by atoms with Crippen molar-refractivity contribution >= 4 is 5.91 Å². The standard InChI is InChI=1S/C15H19NO3/c1-19-13(11-5-3-2-4-6-11)14(17)16-9-15(18,10-16)12-7-8-12/h2-6,12-13,18H,7-10H2,1H3. The summed E-state index contributed by atoms with van der Waals surface area (Å²) in [6, 6.07) is 9.48. The second kappa shape index (κ2) is 4.62. The van der Waals surface area contributed by atoms with Crippen LogP contribution in [0.2, 0.25) is 0 Å². The Kier molecular flexibility index (Phi) is 3.07. The van der Waals surface area contributed by atoms with Gasteiger partial charge in [0.05, 0.1) is 13.1 Å². The van der Waals surface area contributed by atoms with Gasteiger partial charge in [-0.3, -0.25) is 4.79 Å². The number of hydrogen-bond acceptors (Lipinski definition) is 3. The first kappa shape index (κ1) is 12.6. The van der Waals surface area contributed by atoms with E-state index in [1.165, 1.54) is 0 Å². The predicted octanol–water partition coefficient (Wildman–Crippen LogP) is 1.36. The lowest BCUT2D eigenvalue weighted by Crippen LogP contribution is -2.65. The molecule has 1 aromatic carbocycles. The van der Waals surface area contributed by atoms with Gasteiger partial charge in [0, 0.05) is 7.11 Å². The van der Waals surface area contributed by atoms with Gasteiger partial charge in [0.2, 0.25) is 0 Å². The van der Waals surface area contributed by atoms with Crippen molar-refractivity contribution < 1.29 is 14.6 Å². The van der Waals surface area contributed by atoms with E-state index in [0.717, 1.165) is 18.4 Å². The zero-order valence-electron chi connectivity index (χ0n) is 11.1. The fourth-order valence-corrected chi connectivity index (χ4v) is 2.82. The minimum absolute atomic E-state index is 0.0565. The summed E-state index contributed by atoms with van der Waals surface area (Å²) in [4.78, 5) is 14.1. The van der Waals surface area contributed by atoms with E-state index in [1.807, 2.05) is 30.3 Å². The summed E-state index contributed by atoms with van der Waals surface area (Å²) in [6.07, 6.45) is 1.61. The summed E-state index contributed by atoms with van der Waals surface area (Å²) in [5.74, 6) is 0.341. The zero-order valence-corrected chi connectivity index (χ0v) is 11.1. The van der Waals surface area contributed by atoms with Crippen molar-refractivity contribution in [2.45, 2.75) is 24.5 Å². The van der Waals surface area contributed by atoms with Crippen molar-refractivity contribution in [2.24, 2.45) is 5.92 Å². The normalized spacial score (nSPS) is 22.7. The molecular formula is C15H19NO3. The smallest absolute Gasteiger partial charge is 0.256 e. The van der Waals surface area contributed by atoms with Gasteiger partial charge in [-0.2, -0.15) is 0 Å². The molecule has 1 saturated carbocycles. The minimum atomic E-state index is -0.634. The number of methoxy groups -OCH3 is 1. The fourth-order valence-electron chi connectivity index (χ4n) is 2.82. The third-order valence-electron chi connectivity index (χ3n) is 4.14. The van der Waals surface area contributed by atoms with Crippen LogP contribution in [-0.2, 0) is 9.53 Å². The van der Waals surface area contributed by atoms with Crippen LogP contribution in [0.5, 0.6) is 0 Å². The molecule has 1 aliphatic heterocycles. The van der Waals surface area contributed by atoms with Gasteiger partial charge in [0.1, 0.15) is 5.60 Å². The molecule has 0 aromatic heterocycles. The number of nitrogens with zero attached hydrogens (tertiary/aromatic N) is 1. The number of carbonyl (C=O) groups excluding carboxylic acids is 1. The Bertz CT molecular complexity index is 464. The Morgan fingerprint density at radius 3 is 2.53 bits per heavy atom. The summed E-state index contributed by atoms with van der Waals surface area (Å²) in [5.41, 5.74) is 0.224. The van der Waals surface area contributed by atoms with Crippen molar-refractivity contribution in [3.05, 3.63) is 35.9 Å². The van der Waals surface area contributed by atoms with Gasteiger partial charge in [-0.1, -0.05) is 30.3 Å². The highest BCUT2D eigenvalue weighted by Gasteiger charge is 2.54. The molecule has 1 atom stereocenters. The van der Waals surface area contributed by atoms with E-state index in [0.29, 0.717) is 19.0 Å². The maximum Gasteiger partial charge on any atom is 0.256 e. The summed E-state index contributed by atoms with van der Waals surface area (Å²) >= 11 is 0. The van der Waals surface area contributed by atoms with E-state index in [2.05, 4.69) is 0 Å². The molecule has 19 heavy (non-hydrogen) atoms. The highest BCUT2D eigenvalue weighted by atomic mass is 16.5. The number of β-amino-alcohol motifs (C(OH)–C–C–N with tert-alkyl or cyclic N) is 1. The number of ether oxygens (including phenoxy) is 1. The lowest BCUT2D eigenvalue weighted by atomic mass is 9.88. The van der Waals surface area contributed by atoms with Crippen LogP contribution in [0.4, 0.5) is 0 Å². The predicted molar refractivity (Wildman–Crippen MR) is 70.4 cm³/mol. The van der Waals surface area contributed by atoms with Gasteiger partial charge in [0.25, 0.3) is 5.91 Å². The molecule has 3 rings (SSSR count). The second-order valence-corrected chi connectivity index (χ2v) is 5.60. The first-order valence-corrected chi connectivity index (χ1v) is 6.73. The maximum absolute atomic E-state index is 12.4. The number of aliphatic hydroxyl groups is 1. The molecule has 2 fully saturated rings. The van der Waals surface area contributed by atoms with Crippen molar-refractivity contribution in [1.29, 1.82) is 0 Å². The second-order valence-electron chi connectivity index (χ2n) is 5.60. The van der Waals surface area contributed by atoms with Gasteiger partial charge in [-0.25, -0.2) is 0 Å². The van der Waals surface area contributed by atoms with Crippen LogP contribution in [0, 0.1) is 5.92 Å². The molecule has 4 heteroatoms. The van der Waals surface area contributed by atoms with Crippen LogP contribution >= 0.6 is 0 Å². The first-order chi connectivity index (χ1) is 9.14. The summed E-state index contributed by atoms with van der Waals surface area (Å²) < 4.78 is 5.33. The lowest BCUT2D eigenvalue weighted by molar-refractivity contribution is -0.169. The first-order valence-electron chi connectivity index (χ1n) is 6.73. The Morgan fingerprint density at radius 2 is 2.00 bits per heavy atom. The van der Waals surface area contributed by atoms with Gasteiger partial charge in [-0.15, -0.1) is 0 Å². The van der Waals surface area contributed by atoms with Crippen molar-refractivity contribution in [3.63, 3.8) is 0 Å². The summed E-state index contributed by atoms with van der Waals surface area (Å²) in [6.45, 7) is 0.895.